The van der Waals surface area contributed by atoms with Crippen LogP contribution in [0.2, 0.25) is 0 Å². The molecule has 11 nitrogen and oxygen atoms in total. The lowest BCUT2D eigenvalue weighted by Crippen LogP contribution is -2.62. The van der Waals surface area contributed by atoms with E-state index in [1.165, 1.54) is 30.8 Å². The Kier molecular flexibility index (Phi) is 10.0. The molecule has 2 heterocycles. The third-order valence-corrected chi connectivity index (χ3v) is 8.09. The summed E-state index contributed by atoms with van der Waals surface area (Å²) in [6.07, 6.45) is -11.8. The Labute approximate surface area is 270 Å². The fourth-order valence-corrected chi connectivity index (χ4v) is 5.66. The molecule has 0 spiro atoms. The molecule has 2 aromatic carbocycles. The van der Waals surface area contributed by atoms with Crippen LogP contribution in [0.4, 0.5) is 31.1 Å². The lowest BCUT2D eigenvalue weighted by molar-refractivity contribution is -0.144. The molecule has 17 heteroatoms. The van der Waals surface area contributed by atoms with Crippen LogP contribution in [0.3, 0.4) is 0 Å². The molecule has 4 amide bonds. The van der Waals surface area contributed by atoms with E-state index >= 15 is 0 Å². The number of carbonyl (C=O) groups is 4. The highest BCUT2D eigenvalue weighted by molar-refractivity contribution is 6.13. The number of nitrogens with zero attached hydrogens (tertiary/aromatic N) is 3. The van der Waals surface area contributed by atoms with Crippen molar-refractivity contribution in [2.45, 2.75) is 57.0 Å². The van der Waals surface area contributed by atoms with E-state index in [2.05, 4.69) is 10.4 Å². The van der Waals surface area contributed by atoms with Gasteiger partial charge in [0, 0.05) is 33.0 Å². The van der Waals surface area contributed by atoms with E-state index in [9.17, 15) is 45.5 Å². The SMILES string of the molecule is CN1N=C2CCN(C(=O)[C@@H](CCOc3cc(C(F)(F)F)cc(C(F)(F)F)c3)NC(=O)C(C)(C)NC(=O)O)C[C@@]2(Cc2ccccc2)C1=O. The highest BCUT2D eigenvalue weighted by atomic mass is 19.4. The number of hydrogen-bond acceptors (Lipinski definition) is 6. The number of hydrazone groups is 1. The van der Waals surface area contributed by atoms with Crippen LogP contribution in [-0.4, -0.2) is 82.9 Å². The van der Waals surface area contributed by atoms with Gasteiger partial charge in [0.25, 0.3) is 5.91 Å². The summed E-state index contributed by atoms with van der Waals surface area (Å²) in [6.45, 7) is 1.75. The molecule has 1 fully saturated rings. The van der Waals surface area contributed by atoms with Crippen LogP contribution >= 0.6 is 0 Å². The van der Waals surface area contributed by atoms with Crippen molar-refractivity contribution >= 4 is 29.5 Å². The van der Waals surface area contributed by atoms with E-state index in [0.29, 0.717) is 17.8 Å². The predicted molar refractivity (Wildman–Crippen MR) is 158 cm³/mol. The molecule has 2 aromatic rings. The number of halogens is 6. The lowest BCUT2D eigenvalue weighted by atomic mass is 9.73. The number of carboxylic acid groups (broad SMARTS) is 1. The number of alkyl halides is 6. The summed E-state index contributed by atoms with van der Waals surface area (Å²) < 4.78 is 85.4. The Hall–Kier alpha value is -4.83. The quantitative estimate of drug-likeness (QED) is 0.319. The smallest absolute Gasteiger partial charge is 0.416 e. The number of rotatable bonds is 10. The Morgan fingerprint density at radius 3 is 2.19 bits per heavy atom. The van der Waals surface area contributed by atoms with Crippen LogP contribution in [0.25, 0.3) is 0 Å². The van der Waals surface area contributed by atoms with Gasteiger partial charge in [-0.1, -0.05) is 30.3 Å². The number of piperidine rings is 1. The van der Waals surface area contributed by atoms with E-state index in [0.717, 1.165) is 5.56 Å². The molecule has 4 rings (SSSR count). The molecule has 1 saturated heterocycles. The average molecular weight is 686 g/mol. The second kappa shape index (κ2) is 13.4. The number of benzene rings is 2. The van der Waals surface area contributed by atoms with Gasteiger partial charge in [0.15, 0.2) is 0 Å². The molecular formula is C31H33F6N5O6. The first-order chi connectivity index (χ1) is 22.2. The van der Waals surface area contributed by atoms with Gasteiger partial charge in [-0.15, -0.1) is 0 Å². The zero-order valence-electron chi connectivity index (χ0n) is 26.0. The summed E-state index contributed by atoms with van der Waals surface area (Å²) in [5.41, 5.74) is -4.84. The number of ether oxygens (including phenoxy) is 1. The van der Waals surface area contributed by atoms with Gasteiger partial charge in [-0.25, -0.2) is 9.80 Å². The van der Waals surface area contributed by atoms with Gasteiger partial charge in [0.1, 0.15) is 22.7 Å². The minimum absolute atomic E-state index is 0.0577. The van der Waals surface area contributed by atoms with Gasteiger partial charge >= 0.3 is 18.4 Å². The maximum absolute atomic E-state index is 14.0. The molecule has 48 heavy (non-hydrogen) atoms. The van der Waals surface area contributed by atoms with E-state index in [-0.39, 0.29) is 37.9 Å². The Balaban J connectivity index is 1.61. The molecule has 0 bridgehead atoms. The van der Waals surface area contributed by atoms with Crippen molar-refractivity contribution in [2.24, 2.45) is 10.5 Å². The molecule has 2 atom stereocenters. The third kappa shape index (κ3) is 7.99. The van der Waals surface area contributed by atoms with Crippen molar-refractivity contribution in [1.29, 1.82) is 0 Å². The largest absolute Gasteiger partial charge is 0.493 e. The van der Waals surface area contributed by atoms with Crippen LogP contribution in [0, 0.1) is 5.41 Å². The van der Waals surface area contributed by atoms with Crippen LogP contribution in [0.15, 0.2) is 53.6 Å². The van der Waals surface area contributed by atoms with Gasteiger partial charge in [0.05, 0.1) is 23.4 Å². The maximum Gasteiger partial charge on any atom is 0.416 e. The van der Waals surface area contributed by atoms with Gasteiger partial charge in [-0.05, 0) is 44.0 Å². The van der Waals surface area contributed by atoms with E-state index in [4.69, 9.17) is 9.84 Å². The van der Waals surface area contributed by atoms with Crippen LogP contribution in [0.5, 0.6) is 5.75 Å². The van der Waals surface area contributed by atoms with Crippen molar-refractivity contribution in [1.82, 2.24) is 20.5 Å². The standard InChI is InChI=1S/C31H33F6N5O6/c1-28(2,39-27(46)47)25(44)38-22(10-12-48-21-14-19(30(32,33)34)13-20(15-21)31(35,36)37)24(43)42-11-9-23-29(17-42,26(45)41(3)40-23)16-18-7-5-4-6-8-18/h4-8,13-15,22,39H,9-12,16-17H2,1-3H3,(H,38,44)(H,46,47)/t22-,29-/m1/s1. The van der Waals surface area contributed by atoms with E-state index < -0.39 is 77.2 Å². The topological polar surface area (TPSA) is 141 Å². The second-order valence-corrected chi connectivity index (χ2v) is 12.1. The summed E-state index contributed by atoms with van der Waals surface area (Å²) in [6, 6.07) is 8.23. The van der Waals surface area contributed by atoms with Crippen molar-refractivity contribution in [2.75, 3.05) is 26.7 Å². The summed E-state index contributed by atoms with van der Waals surface area (Å²) >= 11 is 0. The fraction of sp³-hybridized carbons (Fsp3) is 0.452. The van der Waals surface area contributed by atoms with Crippen molar-refractivity contribution in [3.05, 3.63) is 65.2 Å². The number of fused-ring (bicyclic) bond motifs is 1. The number of hydrogen-bond donors (Lipinski definition) is 3. The third-order valence-electron chi connectivity index (χ3n) is 8.09. The van der Waals surface area contributed by atoms with Crippen molar-refractivity contribution in [3.8, 4) is 5.75 Å². The molecule has 2 aliphatic heterocycles. The van der Waals surface area contributed by atoms with Crippen LogP contribution in [-0.2, 0) is 33.2 Å². The molecular weight excluding hydrogens is 652 g/mol. The predicted octanol–water partition coefficient (Wildman–Crippen LogP) is 4.31. The average Bonchev–Trinajstić information content (AvgIpc) is 3.23. The number of likely N-dealkylation sites (tertiary alicyclic amines) is 1. The van der Waals surface area contributed by atoms with Gasteiger partial charge in [-0.3, -0.25) is 14.4 Å². The number of amides is 4. The summed E-state index contributed by atoms with van der Waals surface area (Å²) in [5, 5.41) is 19.2. The van der Waals surface area contributed by atoms with Crippen molar-refractivity contribution < 1.29 is 55.4 Å². The number of nitrogens with one attached hydrogen (secondary N) is 2. The Morgan fingerprint density at radius 1 is 1.02 bits per heavy atom. The zero-order valence-corrected chi connectivity index (χ0v) is 26.0. The van der Waals surface area contributed by atoms with Crippen molar-refractivity contribution in [3.63, 3.8) is 0 Å². The minimum Gasteiger partial charge on any atom is -0.493 e. The Bertz CT molecular complexity index is 1560. The molecule has 2 aliphatic rings. The first-order valence-corrected chi connectivity index (χ1v) is 14.7. The highest BCUT2D eigenvalue weighted by Gasteiger charge is 2.54. The van der Waals surface area contributed by atoms with Crippen LogP contribution in [0.1, 0.15) is 43.4 Å². The highest BCUT2D eigenvalue weighted by Crippen LogP contribution is 2.40. The lowest BCUT2D eigenvalue weighted by Gasteiger charge is -2.41. The molecule has 260 valence electrons. The minimum atomic E-state index is -5.12. The van der Waals surface area contributed by atoms with E-state index in [1.54, 1.807) is 18.2 Å². The van der Waals surface area contributed by atoms with E-state index in [1.807, 2.05) is 17.4 Å². The van der Waals surface area contributed by atoms with Gasteiger partial charge < -0.3 is 25.4 Å². The molecule has 0 aromatic heterocycles. The fourth-order valence-electron chi connectivity index (χ4n) is 5.66. The van der Waals surface area contributed by atoms with Crippen LogP contribution < -0.4 is 15.4 Å². The molecule has 3 N–H and O–H groups in total. The normalized spacial score (nSPS) is 18.9. The summed E-state index contributed by atoms with van der Waals surface area (Å²) in [7, 11) is 1.49. The molecule has 0 unspecified atom stereocenters. The zero-order chi connectivity index (χ0) is 35.7. The second-order valence-electron chi connectivity index (χ2n) is 12.1. The summed E-state index contributed by atoms with van der Waals surface area (Å²) in [5.74, 6) is -2.81. The first kappa shape index (κ1) is 36.0. The monoisotopic (exact) mass is 685 g/mol. The Morgan fingerprint density at radius 2 is 1.62 bits per heavy atom. The van der Waals surface area contributed by atoms with Gasteiger partial charge in [0.2, 0.25) is 11.8 Å². The van der Waals surface area contributed by atoms with Gasteiger partial charge in [-0.2, -0.15) is 31.4 Å². The summed E-state index contributed by atoms with van der Waals surface area (Å²) in [4.78, 5) is 53.3. The molecule has 0 radical (unpaired) electrons. The molecule has 0 saturated carbocycles. The molecule has 0 aliphatic carbocycles. The maximum atomic E-state index is 14.0. The number of carbonyl (C=O) groups excluding carboxylic acids is 3. The first-order valence-electron chi connectivity index (χ1n) is 14.7.